The molecule has 0 aliphatic heterocycles. The summed E-state index contributed by atoms with van der Waals surface area (Å²) in [4.78, 5) is 90.7. The first-order valence-corrected chi connectivity index (χ1v) is 51.8. The number of aryl methyl sites for hydroxylation is 2. The summed E-state index contributed by atoms with van der Waals surface area (Å²) < 4.78 is 11.4. The van der Waals surface area contributed by atoms with Crippen LogP contribution in [0.2, 0.25) is 0 Å². The van der Waals surface area contributed by atoms with Crippen molar-refractivity contribution in [3.63, 3.8) is 0 Å². The second-order valence-corrected chi connectivity index (χ2v) is 39.0. The second kappa shape index (κ2) is 47.7. The highest BCUT2D eigenvalue weighted by atomic mass is 16.2. The van der Waals surface area contributed by atoms with Crippen LogP contribution >= 0.6 is 0 Å². The van der Waals surface area contributed by atoms with Crippen LogP contribution in [0.4, 0.5) is 0 Å². The van der Waals surface area contributed by atoms with Gasteiger partial charge in [0.05, 0.1) is 0 Å². The minimum absolute atomic E-state index is 0.101. The van der Waals surface area contributed by atoms with Gasteiger partial charge in [0.15, 0.2) is 0 Å². The topological polar surface area (TPSA) is 132 Å². The van der Waals surface area contributed by atoms with E-state index in [2.05, 4.69) is 114 Å². The smallest absolute Gasteiger partial charge is 0.258 e. The fraction of sp³-hybridized carbons (Fsp3) is 0.308. The van der Waals surface area contributed by atoms with Crippen molar-refractivity contribution in [3.8, 4) is 0 Å². The highest BCUT2D eigenvalue weighted by molar-refractivity contribution is 5.82. The number of rotatable bonds is 14. The molecule has 4 aliphatic carbocycles. The maximum atomic E-state index is 15.4. The molecule has 712 valence electrons. The standard InChI is InChI=1S/C130H126N6O6/c1-7-9-91-131-119-79-49-97(50-80-119)43-61-107-37-23-25-39-109(107)63-45-99-53-83-121(84-54-99)133(93(3)103-29-15-11-16-30-103)127(139)115-71-75-117(76-72-115)129(141)135(95(5)105-33-19-13-20-34-105)123-87-57-101(58-88-123)47-65-111-41-27-28-42-112(111)66-48-102-59-89-124(90-60-102)136(96(6)106-35-21-14-22-36-106)130(142)118-77-73-116(74-78-118)128(140)134(94(4)104-31-17-12-18-32-104)122-85-55-100(56-86-122)46-64-110-40-26-24-38-108(110)62-44-98-51-81-120(82-52-98)132(92-10-8-2)126(138)114-69-67-113(68-70-114)125(131)137/h23-28,37-42,49-60,67-90,93-96,103-106H,7-22,29-36,91-92H2,1-6H3/t93-,94-,95-,96-/m1/s1. The third-order valence-electron chi connectivity index (χ3n) is 29.7. The molecule has 18 bridgehead atoms. The molecule has 4 atom stereocenters. The molecular formula is C130H126N6O6. The fourth-order valence-electron chi connectivity index (χ4n) is 21.1. The SMILES string of the molecule is CCCCn1c(=O)c2ccc(cc2)c(=O)n(CCCC)c2ccc(c#cc3ccccc3c#cc3ccc(cc3)n([C@H](C)C3CCCCC3)c(=O)c3ccc(cc3)c(=O)n([C@H](C)C3CCCCC3)c3ccc(c#cc4ccccc4c#cc4ccc(cc4)n([C@H](C)C4CCCCC4)c(=O)c4ccc(cc4)c(=O)n([C@H](C)C4CCCCC4)c4ccc(c#cc5ccccc5c#cc5ccc1cc5)cc4)cc3)cc2. The Labute approximate surface area is 834 Å². The van der Waals surface area contributed by atoms with E-state index in [-0.39, 0.29) is 57.5 Å². The number of aromatic nitrogens is 6. The molecule has 0 radical (unpaired) electrons. The van der Waals surface area contributed by atoms with E-state index in [1.807, 2.05) is 285 Å². The molecule has 0 saturated heterocycles. The average Bonchev–Trinajstić information content (AvgIpc) is 0.795. The minimum atomic E-state index is -0.168. The van der Waals surface area contributed by atoms with Gasteiger partial charge >= 0.3 is 0 Å². The lowest BCUT2D eigenvalue weighted by Crippen LogP contribution is -2.29. The van der Waals surface area contributed by atoms with E-state index in [1.165, 1.54) is 25.7 Å². The first-order chi connectivity index (χ1) is 69.5. The van der Waals surface area contributed by atoms with Gasteiger partial charge in [0.25, 0.3) is 33.4 Å². The fourth-order valence-corrected chi connectivity index (χ4v) is 21.1. The van der Waals surface area contributed by atoms with Crippen molar-refractivity contribution >= 4 is 130 Å². The predicted molar refractivity (Wildman–Crippen MR) is 588 cm³/mol. The number of fused-ring (bicyclic) bond motifs is 3. The van der Waals surface area contributed by atoms with Crippen LogP contribution < -0.4 is 33.4 Å². The Kier molecular flexibility index (Phi) is 33.0. The Morgan fingerprint density at radius 3 is 0.556 bits per heavy atom. The van der Waals surface area contributed by atoms with Gasteiger partial charge in [-0.1, -0.05) is 213 Å². The van der Waals surface area contributed by atoms with Gasteiger partial charge in [-0.15, -0.1) is 0 Å². The zero-order valence-corrected chi connectivity index (χ0v) is 82.8. The van der Waals surface area contributed by atoms with Gasteiger partial charge in [-0.2, -0.15) is 0 Å². The first-order valence-electron chi connectivity index (χ1n) is 51.8. The molecule has 4 aliphatic rings. The molecule has 12 heteroatoms. The molecule has 0 N–H and O–H groups in total. The van der Waals surface area contributed by atoms with E-state index in [0.29, 0.717) is 69.1 Å². The zero-order valence-electron chi connectivity index (χ0n) is 82.8. The lowest BCUT2D eigenvalue weighted by molar-refractivity contribution is 0.265. The predicted octanol–water partition coefficient (Wildman–Crippen LogP) is 30.1. The van der Waals surface area contributed by atoms with Gasteiger partial charge in [-0.05, 0) is 370 Å². The molecule has 0 spiro atoms. The first kappa shape index (κ1) is 98.4. The van der Waals surface area contributed by atoms with E-state index in [1.54, 1.807) is 33.4 Å². The molecule has 12 aromatic carbocycles. The number of hydrogen-bond acceptors (Lipinski definition) is 6. The van der Waals surface area contributed by atoms with E-state index < -0.39 is 0 Å². The molecule has 13 aromatic heterocycles. The summed E-state index contributed by atoms with van der Waals surface area (Å²) in [6, 6.07) is 133. The number of hydrogen-bond donors (Lipinski definition) is 0. The third kappa shape index (κ3) is 24.1. The maximum absolute atomic E-state index is 15.4. The molecule has 4 saturated carbocycles. The summed E-state index contributed by atoms with van der Waals surface area (Å²) in [7, 11) is 0. The Hall–Kier alpha value is -15.2. The Morgan fingerprint density at radius 2 is 0.380 bits per heavy atom. The molecule has 142 heavy (non-hydrogen) atoms. The zero-order chi connectivity index (χ0) is 98.2. The molecule has 13 heterocycles. The second-order valence-electron chi connectivity index (χ2n) is 39.0. The maximum Gasteiger partial charge on any atom is 0.258 e. The van der Waals surface area contributed by atoms with Crippen LogP contribution in [0, 0.1) is 96.5 Å². The van der Waals surface area contributed by atoms with Crippen LogP contribution in [0.5, 0.6) is 0 Å². The van der Waals surface area contributed by atoms with Crippen LogP contribution in [0.1, 0.15) is 220 Å². The Morgan fingerprint density at radius 1 is 0.211 bits per heavy atom. The van der Waals surface area contributed by atoms with Crippen molar-refractivity contribution in [2.75, 3.05) is 0 Å². The van der Waals surface area contributed by atoms with E-state index >= 15 is 19.2 Å². The lowest BCUT2D eigenvalue weighted by Gasteiger charge is -2.29. The highest BCUT2D eigenvalue weighted by Gasteiger charge is 2.28. The summed E-state index contributed by atoms with van der Waals surface area (Å²) in [5.41, 5.74) is 3.76. The summed E-state index contributed by atoms with van der Waals surface area (Å²) in [5.74, 6) is 1.25. The minimum Gasteiger partial charge on any atom is -0.308 e. The summed E-state index contributed by atoms with van der Waals surface area (Å²) >= 11 is 0. The van der Waals surface area contributed by atoms with Crippen molar-refractivity contribution in [1.29, 1.82) is 0 Å². The van der Waals surface area contributed by atoms with Gasteiger partial charge in [-0.3, -0.25) is 28.8 Å². The van der Waals surface area contributed by atoms with Crippen LogP contribution in [-0.4, -0.2) is 27.4 Å². The summed E-state index contributed by atoms with van der Waals surface area (Å²) in [6.45, 7) is 13.9. The molecule has 0 unspecified atom stereocenters. The van der Waals surface area contributed by atoms with Gasteiger partial charge in [0, 0.05) is 167 Å². The van der Waals surface area contributed by atoms with Crippen LogP contribution in [0.3, 0.4) is 0 Å². The Bertz CT molecular complexity index is 7440. The van der Waals surface area contributed by atoms with Crippen molar-refractivity contribution in [2.45, 2.75) is 233 Å². The van der Waals surface area contributed by atoms with Crippen molar-refractivity contribution in [3.05, 3.63) is 426 Å². The monoisotopic (exact) mass is 1870 g/mol. The van der Waals surface area contributed by atoms with Gasteiger partial charge in [0.2, 0.25) is 0 Å². The van der Waals surface area contributed by atoms with E-state index in [4.69, 9.17) is 0 Å². The Balaban J connectivity index is 0.780. The van der Waals surface area contributed by atoms with Crippen LogP contribution in [0.15, 0.2) is 320 Å². The average molecular weight is 1870 g/mol. The molecule has 12 nitrogen and oxygen atoms in total. The molecular weight excluding hydrogens is 1740 g/mol. The molecule has 25 aromatic rings. The largest absolute Gasteiger partial charge is 0.308 e. The van der Waals surface area contributed by atoms with E-state index in [9.17, 15) is 9.59 Å². The van der Waals surface area contributed by atoms with Crippen LogP contribution in [-0.2, 0) is 13.1 Å². The van der Waals surface area contributed by atoms with Gasteiger partial charge in [-0.25, -0.2) is 0 Å². The lowest BCUT2D eigenvalue weighted by atomic mass is 9.84. The number of benzene rings is 12. The number of unbranched alkanes of at least 4 members (excludes halogenated alkanes) is 2. The normalized spacial score (nSPS) is 14.7. The van der Waals surface area contributed by atoms with Crippen molar-refractivity contribution < 1.29 is 0 Å². The highest BCUT2D eigenvalue weighted by Crippen LogP contribution is 2.38. The summed E-state index contributed by atoms with van der Waals surface area (Å²) in [6.07, 6.45) is 25.4. The van der Waals surface area contributed by atoms with E-state index in [0.717, 1.165) is 226 Å². The molecule has 29 rings (SSSR count). The van der Waals surface area contributed by atoms with Crippen molar-refractivity contribution in [1.82, 2.24) is 27.4 Å². The molecule has 0 amide bonds. The van der Waals surface area contributed by atoms with Gasteiger partial charge < -0.3 is 27.4 Å². The molecule has 4 fully saturated rings. The van der Waals surface area contributed by atoms with Crippen molar-refractivity contribution in [2.24, 2.45) is 23.7 Å². The third-order valence-corrected chi connectivity index (χ3v) is 29.7. The quantitative estimate of drug-likeness (QED) is 0.107. The summed E-state index contributed by atoms with van der Waals surface area (Å²) in [5, 5.41) is 12.3. The van der Waals surface area contributed by atoms with Crippen LogP contribution in [0.25, 0.3) is 130 Å². The number of nitrogens with zero attached hydrogens (tertiary/aromatic N) is 6. The van der Waals surface area contributed by atoms with Gasteiger partial charge in [0.1, 0.15) is 0 Å².